The smallest absolute Gasteiger partial charge is 0.437 e. The van der Waals surface area contributed by atoms with E-state index in [-0.39, 0.29) is 5.56 Å². The summed E-state index contributed by atoms with van der Waals surface area (Å²) in [5, 5.41) is 9.35. The van der Waals surface area contributed by atoms with Gasteiger partial charge in [-0.3, -0.25) is 9.59 Å². The maximum Gasteiger partial charge on any atom is 0.437 e. The molecule has 1 heterocycles. The predicted molar refractivity (Wildman–Crippen MR) is 81.2 cm³/mol. The number of pyridine rings is 1. The fraction of sp³-hybridized carbons (Fsp3) is 0.562. The van der Waals surface area contributed by atoms with Gasteiger partial charge in [-0.1, -0.05) is 6.92 Å². The van der Waals surface area contributed by atoms with Crippen LogP contribution in [-0.4, -0.2) is 34.7 Å². The minimum Gasteiger partial charge on any atom is -0.494 e. The quantitative estimate of drug-likeness (QED) is 0.638. The van der Waals surface area contributed by atoms with Crippen molar-refractivity contribution >= 4 is 11.9 Å². The van der Waals surface area contributed by atoms with Crippen molar-refractivity contribution in [1.82, 2.24) is 4.98 Å². The number of carboxylic acids is 1. The van der Waals surface area contributed by atoms with Gasteiger partial charge in [-0.25, -0.2) is 4.98 Å². The normalized spacial score (nSPS) is 14.6. The molecule has 25 heavy (non-hydrogen) atoms. The molecule has 1 aromatic rings. The standard InChI is InChI=1S/C16H20F3NO5/c1-8(11(13(21)22)14(23)25-15(2,3)4)9-6-10(24-5)12(20-7-9)16(17,18)19/h6-8,11H,1-5H3,(H,21,22). The van der Waals surface area contributed by atoms with Crippen molar-refractivity contribution < 1.29 is 37.3 Å². The number of methoxy groups -OCH3 is 1. The van der Waals surface area contributed by atoms with E-state index < -0.39 is 47.0 Å². The van der Waals surface area contributed by atoms with Gasteiger partial charge >= 0.3 is 18.1 Å². The number of rotatable bonds is 5. The Kier molecular flexibility index (Phi) is 6.04. The molecule has 0 spiro atoms. The topological polar surface area (TPSA) is 85.7 Å². The second-order valence-electron chi connectivity index (χ2n) is 6.46. The lowest BCUT2D eigenvalue weighted by Gasteiger charge is -2.25. The Morgan fingerprint density at radius 1 is 1.24 bits per heavy atom. The summed E-state index contributed by atoms with van der Waals surface area (Å²) in [6.45, 7) is 6.14. The Morgan fingerprint density at radius 2 is 1.80 bits per heavy atom. The van der Waals surface area contributed by atoms with Crippen molar-refractivity contribution in [3.63, 3.8) is 0 Å². The van der Waals surface area contributed by atoms with Crippen LogP contribution in [0.4, 0.5) is 13.2 Å². The summed E-state index contributed by atoms with van der Waals surface area (Å²) in [4.78, 5) is 27.0. The van der Waals surface area contributed by atoms with Crippen LogP contribution in [0.5, 0.6) is 5.75 Å². The number of alkyl halides is 3. The summed E-state index contributed by atoms with van der Waals surface area (Å²) in [7, 11) is 1.04. The van der Waals surface area contributed by atoms with E-state index >= 15 is 0 Å². The van der Waals surface area contributed by atoms with Crippen LogP contribution in [0.2, 0.25) is 0 Å². The first-order valence-electron chi connectivity index (χ1n) is 7.34. The van der Waals surface area contributed by atoms with Crippen LogP contribution in [0.3, 0.4) is 0 Å². The molecule has 0 aliphatic carbocycles. The number of carbonyl (C=O) groups is 2. The molecule has 0 aromatic carbocycles. The largest absolute Gasteiger partial charge is 0.494 e. The van der Waals surface area contributed by atoms with Crippen LogP contribution in [0.15, 0.2) is 12.3 Å². The van der Waals surface area contributed by atoms with Crippen molar-refractivity contribution in [2.75, 3.05) is 7.11 Å². The molecule has 0 radical (unpaired) electrons. The van der Waals surface area contributed by atoms with Gasteiger partial charge < -0.3 is 14.6 Å². The molecule has 0 aliphatic rings. The minimum absolute atomic E-state index is 0.114. The Balaban J connectivity index is 3.24. The number of carboxylic acid groups (broad SMARTS) is 1. The van der Waals surface area contributed by atoms with Gasteiger partial charge in [-0.2, -0.15) is 13.2 Å². The Morgan fingerprint density at radius 3 is 2.20 bits per heavy atom. The Hall–Kier alpha value is -2.32. The van der Waals surface area contributed by atoms with Crippen LogP contribution in [0, 0.1) is 5.92 Å². The summed E-state index contributed by atoms with van der Waals surface area (Å²) in [6, 6.07) is 1.03. The van der Waals surface area contributed by atoms with Gasteiger partial charge in [0.25, 0.3) is 0 Å². The molecule has 2 unspecified atom stereocenters. The predicted octanol–water partition coefficient (Wildman–Crippen LogP) is 3.26. The average molecular weight is 363 g/mol. The van der Waals surface area contributed by atoms with E-state index in [4.69, 9.17) is 9.47 Å². The molecule has 9 heteroatoms. The van der Waals surface area contributed by atoms with Crippen LogP contribution in [-0.2, 0) is 20.5 Å². The third-order valence-corrected chi connectivity index (χ3v) is 3.31. The zero-order valence-electron chi connectivity index (χ0n) is 14.5. The first-order valence-corrected chi connectivity index (χ1v) is 7.34. The van der Waals surface area contributed by atoms with Crippen molar-refractivity contribution in [3.8, 4) is 5.75 Å². The second-order valence-corrected chi connectivity index (χ2v) is 6.46. The van der Waals surface area contributed by atoms with Gasteiger partial charge in [0.15, 0.2) is 11.6 Å². The summed E-state index contributed by atoms with van der Waals surface area (Å²) in [6.07, 6.45) is -3.83. The lowest BCUT2D eigenvalue weighted by Crippen LogP contribution is -2.35. The zero-order chi connectivity index (χ0) is 19.6. The van der Waals surface area contributed by atoms with Crippen LogP contribution in [0.1, 0.15) is 44.9 Å². The van der Waals surface area contributed by atoms with Crippen molar-refractivity contribution in [3.05, 3.63) is 23.5 Å². The monoisotopic (exact) mass is 363 g/mol. The highest BCUT2D eigenvalue weighted by Crippen LogP contribution is 2.37. The summed E-state index contributed by atoms with van der Waals surface area (Å²) >= 11 is 0. The molecule has 6 nitrogen and oxygen atoms in total. The first kappa shape index (κ1) is 20.7. The molecule has 0 aliphatic heterocycles. The molecular weight excluding hydrogens is 343 g/mol. The Bertz CT molecular complexity index is 652. The number of halogens is 3. The molecule has 2 atom stereocenters. The van der Waals surface area contributed by atoms with Crippen molar-refractivity contribution in [2.24, 2.45) is 5.92 Å². The van der Waals surface area contributed by atoms with Gasteiger partial charge in [0.1, 0.15) is 11.4 Å². The van der Waals surface area contributed by atoms with E-state index in [0.29, 0.717) is 0 Å². The van der Waals surface area contributed by atoms with Gasteiger partial charge in [-0.15, -0.1) is 0 Å². The van der Waals surface area contributed by atoms with Gasteiger partial charge in [0.2, 0.25) is 0 Å². The number of hydrogen-bond donors (Lipinski definition) is 1. The highest BCUT2D eigenvalue weighted by molar-refractivity contribution is 5.95. The van der Waals surface area contributed by atoms with E-state index in [0.717, 1.165) is 19.4 Å². The van der Waals surface area contributed by atoms with Gasteiger partial charge in [0.05, 0.1) is 7.11 Å². The number of carbonyl (C=O) groups excluding carboxylic acids is 1. The zero-order valence-corrected chi connectivity index (χ0v) is 14.5. The third kappa shape index (κ3) is 5.33. The molecule has 1 rings (SSSR count). The van der Waals surface area contributed by atoms with Crippen molar-refractivity contribution in [1.29, 1.82) is 0 Å². The molecule has 0 saturated carbocycles. The van der Waals surface area contributed by atoms with Crippen LogP contribution >= 0.6 is 0 Å². The third-order valence-electron chi connectivity index (χ3n) is 3.31. The molecule has 0 saturated heterocycles. The summed E-state index contributed by atoms with van der Waals surface area (Å²) in [5.41, 5.74) is -2.01. The highest BCUT2D eigenvalue weighted by atomic mass is 19.4. The highest BCUT2D eigenvalue weighted by Gasteiger charge is 2.39. The lowest BCUT2D eigenvalue weighted by atomic mass is 9.88. The molecule has 0 amide bonds. The molecule has 1 aromatic heterocycles. The number of esters is 1. The lowest BCUT2D eigenvalue weighted by molar-refractivity contribution is -0.167. The number of hydrogen-bond acceptors (Lipinski definition) is 5. The molecule has 140 valence electrons. The van der Waals surface area contributed by atoms with E-state index in [1.807, 2.05) is 0 Å². The Labute approximate surface area is 143 Å². The summed E-state index contributed by atoms with van der Waals surface area (Å²) < 4.78 is 48.4. The number of aliphatic carboxylic acids is 1. The fourth-order valence-corrected chi connectivity index (χ4v) is 2.15. The van der Waals surface area contributed by atoms with E-state index in [9.17, 15) is 27.9 Å². The number of ether oxygens (including phenoxy) is 2. The molecule has 0 bridgehead atoms. The van der Waals surface area contributed by atoms with E-state index in [1.165, 1.54) is 6.92 Å². The van der Waals surface area contributed by atoms with Crippen LogP contribution < -0.4 is 4.74 Å². The second kappa shape index (κ2) is 7.28. The average Bonchev–Trinajstić information content (AvgIpc) is 2.43. The van der Waals surface area contributed by atoms with E-state index in [2.05, 4.69) is 4.98 Å². The SMILES string of the molecule is COc1cc(C(C)C(C(=O)O)C(=O)OC(C)(C)C)cnc1C(F)(F)F. The fourth-order valence-electron chi connectivity index (χ4n) is 2.15. The molecule has 1 N–H and O–H groups in total. The maximum absolute atomic E-state index is 12.9. The van der Waals surface area contributed by atoms with E-state index in [1.54, 1.807) is 20.8 Å². The van der Waals surface area contributed by atoms with Crippen LogP contribution in [0.25, 0.3) is 0 Å². The number of nitrogens with zero attached hydrogens (tertiary/aromatic N) is 1. The maximum atomic E-state index is 12.9. The molecule has 0 fully saturated rings. The summed E-state index contributed by atoms with van der Waals surface area (Å²) in [5.74, 6) is -5.55. The first-order chi connectivity index (χ1) is 11.3. The van der Waals surface area contributed by atoms with Crippen molar-refractivity contribution in [2.45, 2.75) is 45.4 Å². The van der Waals surface area contributed by atoms with Gasteiger partial charge in [-0.05, 0) is 32.4 Å². The van der Waals surface area contributed by atoms with Gasteiger partial charge in [0, 0.05) is 12.1 Å². The minimum atomic E-state index is -4.72. The molecular formula is C16H20F3NO5. The number of aromatic nitrogens is 1.